The van der Waals surface area contributed by atoms with E-state index < -0.39 is 11.9 Å². The average Bonchev–Trinajstić information content (AvgIpc) is 2.73. The molecule has 0 fully saturated rings. The Morgan fingerprint density at radius 1 is 0.893 bits per heavy atom. The molecule has 0 saturated heterocycles. The van der Waals surface area contributed by atoms with Gasteiger partial charge in [0.1, 0.15) is 11.5 Å². The van der Waals surface area contributed by atoms with E-state index in [1.165, 1.54) is 26.0 Å². The van der Waals surface area contributed by atoms with Gasteiger partial charge < -0.3 is 14.2 Å². The largest absolute Gasteiger partial charge is 0.494 e. The van der Waals surface area contributed by atoms with Crippen LogP contribution >= 0.6 is 0 Å². The molecule has 0 spiro atoms. The third-order valence-corrected chi connectivity index (χ3v) is 4.06. The zero-order valence-electron chi connectivity index (χ0n) is 16.4. The minimum absolute atomic E-state index is 0.427. The Labute approximate surface area is 165 Å². The molecule has 0 unspecified atom stereocenters. The van der Waals surface area contributed by atoms with E-state index in [2.05, 4.69) is 11.7 Å². The van der Waals surface area contributed by atoms with Crippen molar-refractivity contribution in [1.29, 1.82) is 0 Å². The topological polar surface area (TPSA) is 61.8 Å². The highest BCUT2D eigenvalue weighted by Crippen LogP contribution is 2.17. The van der Waals surface area contributed by atoms with E-state index in [-0.39, 0.29) is 0 Å². The second-order valence-electron chi connectivity index (χ2n) is 6.25. The van der Waals surface area contributed by atoms with Crippen molar-refractivity contribution in [3.05, 3.63) is 65.7 Å². The predicted octanol–water partition coefficient (Wildman–Crippen LogP) is 5.05. The first-order valence-corrected chi connectivity index (χ1v) is 9.43. The molecule has 0 aliphatic carbocycles. The Morgan fingerprint density at radius 2 is 1.57 bits per heavy atom. The lowest BCUT2D eigenvalue weighted by Crippen LogP contribution is -2.08. The molecule has 0 aliphatic rings. The molecule has 2 aromatic carbocycles. The predicted molar refractivity (Wildman–Crippen MR) is 109 cm³/mol. The Kier molecular flexibility index (Phi) is 8.79. The van der Waals surface area contributed by atoms with Crippen LogP contribution in [0.3, 0.4) is 0 Å². The van der Waals surface area contributed by atoms with Crippen LogP contribution in [-0.2, 0) is 9.53 Å². The molecule has 5 heteroatoms. The number of carbonyl (C=O) groups excluding carboxylic acids is 2. The molecule has 0 radical (unpaired) electrons. The quantitative estimate of drug-likeness (QED) is 0.249. The van der Waals surface area contributed by atoms with Gasteiger partial charge in [0.05, 0.1) is 19.3 Å². The fourth-order valence-electron chi connectivity index (χ4n) is 2.45. The summed E-state index contributed by atoms with van der Waals surface area (Å²) >= 11 is 0. The molecule has 0 heterocycles. The summed E-state index contributed by atoms with van der Waals surface area (Å²) in [5.74, 6) is 0.308. The van der Waals surface area contributed by atoms with Crippen LogP contribution in [-0.4, -0.2) is 25.7 Å². The Balaban J connectivity index is 1.85. The first-order chi connectivity index (χ1) is 13.6. The maximum Gasteiger partial charge on any atom is 0.343 e. The van der Waals surface area contributed by atoms with Crippen LogP contribution in [0.1, 0.15) is 48.5 Å². The highest BCUT2D eigenvalue weighted by atomic mass is 16.5. The number of benzene rings is 2. The molecular weight excluding hydrogens is 356 g/mol. The van der Waals surface area contributed by atoms with Crippen molar-refractivity contribution < 1.29 is 23.8 Å². The number of esters is 2. The molecule has 2 aromatic rings. The number of hydrogen-bond donors (Lipinski definition) is 0. The van der Waals surface area contributed by atoms with E-state index in [4.69, 9.17) is 9.47 Å². The van der Waals surface area contributed by atoms with E-state index in [1.54, 1.807) is 54.6 Å². The van der Waals surface area contributed by atoms with Gasteiger partial charge in [0.25, 0.3) is 0 Å². The third kappa shape index (κ3) is 7.27. The fraction of sp³-hybridized carbons (Fsp3) is 0.304. The summed E-state index contributed by atoms with van der Waals surface area (Å²) in [6.45, 7) is 2.86. The van der Waals surface area contributed by atoms with Crippen LogP contribution in [0.4, 0.5) is 0 Å². The summed E-state index contributed by atoms with van der Waals surface area (Å²) in [4.78, 5) is 23.3. The van der Waals surface area contributed by atoms with Gasteiger partial charge in [-0.1, -0.05) is 38.3 Å². The van der Waals surface area contributed by atoms with Crippen molar-refractivity contribution in [3.8, 4) is 11.5 Å². The summed E-state index contributed by atoms with van der Waals surface area (Å²) in [5.41, 5.74) is 1.25. The van der Waals surface area contributed by atoms with Crippen molar-refractivity contribution in [3.63, 3.8) is 0 Å². The lowest BCUT2D eigenvalue weighted by Gasteiger charge is -2.08. The zero-order chi connectivity index (χ0) is 20.2. The zero-order valence-corrected chi connectivity index (χ0v) is 16.4. The normalized spacial score (nSPS) is 10.6. The van der Waals surface area contributed by atoms with Crippen molar-refractivity contribution in [2.45, 2.75) is 32.6 Å². The Hall–Kier alpha value is -3.08. The van der Waals surface area contributed by atoms with E-state index in [1.807, 2.05) is 0 Å². The highest BCUT2D eigenvalue weighted by Gasteiger charge is 2.09. The van der Waals surface area contributed by atoms with Gasteiger partial charge in [-0.25, -0.2) is 9.59 Å². The molecule has 0 aromatic heterocycles. The molecule has 148 valence electrons. The molecular formula is C23H26O5. The van der Waals surface area contributed by atoms with E-state index in [9.17, 15) is 9.59 Å². The van der Waals surface area contributed by atoms with E-state index in [0.29, 0.717) is 17.9 Å². The number of ether oxygens (including phenoxy) is 3. The number of hydrogen-bond acceptors (Lipinski definition) is 5. The van der Waals surface area contributed by atoms with Gasteiger partial charge >= 0.3 is 11.9 Å². The Morgan fingerprint density at radius 3 is 2.21 bits per heavy atom. The van der Waals surface area contributed by atoms with Crippen LogP contribution in [0, 0.1) is 0 Å². The molecule has 0 aliphatic heterocycles. The van der Waals surface area contributed by atoms with Gasteiger partial charge in [0.2, 0.25) is 0 Å². The first kappa shape index (κ1) is 21.2. The van der Waals surface area contributed by atoms with Gasteiger partial charge in [0.15, 0.2) is 0 Å². The van der Waals surface area contributed by atoms with E-state index >= 15 is 0 Å². The minimum Gasteiger partial charge on any atom is -0.494 e. The lowest BCUT2D eigenvalue weighted by atomic mass is 10.2. The van der Waals surface area contributed by atoms with E-state index in [0.717, 1.165) is 24.2 Å². The Bertz CT molecular complexity index is 776. The van der Waals surface area contributed by atoms with Gasteiger partial charge in [0, 0.05) is 6.08 Å². The summed E-state index contributed by atoms with van der Waals surface area (Å²) < 4.78 is 15.6. The van der Waals surface area contributed by atoms with Crippen molar-refractivity contribution in [2.24, 2.45) is 0 Å². The van der Waals surface area contributed by atoms with Crippen molar-refractivity contribution in [2.75, 3.05) is 13.7 Å². The molecule has 0 amide bonds. The molecule has 0 saturated carbocycles. The number of carbonyl (C=O) groups is 2. The number of methoxy groups -OCH3 is 1. The van der Waals surface area contributed by atoms with Crippen molar-refractivity contribution >= 4 is 18.0 Å². The molecule has 2 rings (SSSR count). The number of unbranched alkanes of at least 4 members (excludes halogenated alkanes) is 3. The van der Waals surface area contributed by atoms with Crippen LogP contribution in [0.5, 0.6) is 11.5 Å². The average molecular weight is 382 g/mol. The van der Waals surface area contributed by atoms with Crippen molar-refractivity contribution in [1.82, 2.24) is 0 Å². The highest BCUT2D eigenvalue weighted by molar-refractivity contribution is 5.91. The third-order valence-electron chi connectivity index (χ3n) is 4.06. The molecule has 0 N–H and O–H groups in total. The molecule has 0 bridgehead atoms. The van der Waals surface area contributed by atoms with Gasteiger partial charge in [-0.05, 0) is 54.5 Å². The first-order valence-electron chi connectivity index (χ1n) is 9.43. The van der Waals surface area contributed by atoms with Gasteiger partial charge in [-0.2, -0.15) is 0 Å². The second kappa shape index (κ2) is 11.6. The van der Waals surface area contributed by atoms with Gasteiger partial charge in [-0.3, -0.25) is 0 Å². The molecule has 0 atom stereocenters. The lowest BCUT2D eigenvalue weighted by molar-refractivity contribution is -0.134. The summed E-state index contributed by atoms with van der Waals surface area (Å²) in [6, 6.07) is 13.8. The summed E-state index contributed by atoms with van der Waals surface area (Å²) in [5, 5.41) is 0. The van der Waals surface area contributed by atoms with Crippen LogP contribution in [0.2, 0.25) is 0 Å². The summed E-state index contributed by atoms with van der Waals surface area (Å²) in [7, 11) is 1.32. The SMILES string of the molecule is CCCCCCOc1ccc(C(=O)Oc2ccc(C=CC(=O)OC)cc2)cc1. The van der Waals surface area contributed by atoms with Crippen LogP contribution in [0.25, 0.3) is 6.08 Å². The summed E-state index contributed by atoms with van der Waals surface area (Å²) in [6.07, 6.45) is 7.56. The van der Waals surface area contributed by atoms with Crippen LogP contribution < -0.4 is 9.47 Å². The fourth-order valence-corrected chi connectivity index (χ4v) is 2.45. The molecule has 28 heavy (non-hydrogen) atoms. The minimum atomic E-state index is -0.438. The maximum atomic E-state index is 12.3. The second-order valence-corrected chi connectivity index (χ2v) is 6.25. The van der Waals surface area contributed by atoms with Gasteiger partial charge in [-0.15, -0.1) is 0 Å². The molecule has 5 nitrogen and oxygen atoms in total. The standard InChI is InChI=1S/C23H26O5/c1-3-4-5-6-17-27-20-14-10-19(11-15-20)23(25)28-21-12-7-18(8-13-21)9-16-22(24)26-2/h7-16H,3-6,17H2,1-2H3. The van der Waals surface area contributed by atoms with Crippen LogP contribution in [0.15, 0.2) is 54.6 Å². The maximum absolute atomic E-state index is 12.3. The monoisotopic (exact) mass is 382 g/mol. The number of rotatable bonds is 10. The smallest absolute Gasteiger partial charge is 0.343 e.